The Balaban J connectivity index is 2.78. The van der Waals surface area contributed by atoms with Crippen molar-refractivity contribution in [2.24, 2.45) is 5.84 Å². The van der Waals surface area contributed by atoms with E-state index in [0.717, 1.165) is 18.5 Å². The maximum atomic E-state index is 5.53. The molecule has 0 radical (unpaired) electrons. The second-order valence-corrected chi connectivity index (χ2v) is 3.78. The molecule has 0 aromatic carbocycles. The van der Waals surface area contributed by atoms with E-state index in [1.54, 1.807) is 0 Å². The van der Waals surface area contributed by atoms with Gasteiger partial charge in [0.25, 0.3) is 0 Å². The van der Waals surface area contributed by atoms with Crippen LogP contribution >= 0.6 is 0 Å². The zero-order chi connectivity index (χ0) is 11.3. The molecule has 1 unspecified atom stereocenters. The van der Waals surface area contributed by atoms with Crippen molar-refractivity contribution in [1.29, 1.82) is 0 Å². The van der Waals surface area contributed by atoms with Crippen LogP contribution in [0, 0.1) is 6.92 Å². The van der Waals surface area contributed by atoms with Gasteiger partial charge in [-0.1, -0.05) is 19.1 Å². The average Bonchev–Trinajstić information content (AvgIpc) is 2.25. The molecule has 0 saturated heterocycles. The van der Waals surface area contributed by atoms with E-state index >= 15 is 0 Å². The lowest BCUT2D eigenvalue weighted by atomic mass is 10.0. The molecular weight excluding hydrogens is 186 g/mol. The highest BCUT2D eigenvalue weighted by Crippen LogP contribution is 2.19. The number of nitrogens with zero attached hydrogens (tertiary/aromatic N) is 1. The van der Waals surface area contributed by atoms with Gasteiger partial charge in [-0.15, -0.1) is 0 Å². The minimum atomic E-state index is 0.0670. The Morgan fingerprint density at radius 3 is 2.93 bits per heavy atom. The number of aromatic nitrogens is 1. The summed E-state index contributed by atoms with van der Waals surface area (Å²) in [6, 6.07) is 4.09. The van der Waals surface area contributed by atoms with Crippen LogP contribution in [-0.4, -0.2) is 4.98 Å². The number of pyridine rings is 1. The molecule has 0 spiro atoms. The van der Waals surface area contributed by atoms with Gasteiger partial charge >= 0.3 is 0 Å². The Hall–Kier alpha value is -1.19. The summed E-state index contributed by atoms with van der Waals surface area (Å²) in [6.07, 6.45) is 3.62. The molecule has 0 aliphatic heterocycles. The van der Waals surface area contributed by atoms with Gasteiger partial charge in [-0.25, -0.2) is 0 Å². The Kier molecular flexibility index (Phi) is 4.46. The highest BCUT2D eigenvalue weighted by atomic mass is 15.2. The molecule has 1 aromatic rings. The Morgan fingerprint density at radius 2 is 2.40 bits per heavy atom. The molecule has 0 amide bonds. The van der Waals surface area contributed by atoms with Crippen molar-refractivity contribution in [1.82, 2.24) is 10.4 Å². The van der Waals surface area contributed by atoms with Crippen LogP contribution in [0.3, 0.4) is 0 Å². The summed E-state index contributed by atoms with van der Waals surface area (Å²) < 4.78 is 0. The summed E-state index contributed by atoms with van der Waals surface area (Å²) in [5.41, 5.74) is 6.14. The van der Waals surface area contributed by atoms with Crippen molar-refractivity contribution in [3.8, 4) is 0 Å². The van der Waals surface area contributed by atoms with Crippen LogP contribution in [0.5, 0.6) is 0 Å². The highest BCUT2D eigenvalue weighted by molar-refractivity contribution is 5.18. The van der Waals surface area contributed by atoms with E-state index in [2.05, 4.69) is 23.9 Å². The van der Waals surface area contributed by atoms with E-state index in [0.29, 0.717) is 0 Å². The van der Waals surface area contributed by atoms with Gasteiger partial charge in [0.05, 0.1) is 11.7 Å². The molecule has 1 rings (SSSR count). The third kappa shape index (κ3) is 3.46. The maximum absolute atomic E-state index is 5.53. The zero-order valence-corrected chi connectivity index (χ0v) is 9.46. The summed E-state index contributed by atoms with van der Waals surface area (Å²) in [5.74, 6) is 5.53. The van der Waals surface area contributed by atoms with Gasteiger partial charge in [0.2, 0.25) is 0 Å². The van der Waals surface area contributed by atoms with Crippen LogP contribution < -0.4 is 11.3 Å². The SMILES string of the molecule is C=C(CC)CC(NN)c1cc(C)ccn1. The molecule has 0 saturated carbocycles. The molecule has 1 atom stereocenters. The second-order valence-electron chi connectivity index (χ2n) is 3.78. The van der Waals surface area contributed by atoms with Crippen LogP contribution in [-0.2, 0) is 0 Å². The van der Waals surface area contributed by atoms with Gasteiger partial charge < -0.3 is 0 Å². The normalized spacial score (nSPS) is 12.5. The number of hydrogen-bond donors (Lipinski definition) is 2. The van der Waals surface area contributed by atoms with Crippen LogP contribution in [0.4, 0.5) is 0 Å². The van der Waals surface area contributed by atoms with E-state index in [9.17, 15) is 0 Å². The van der Waals surface area contributed by atoms with Crippen LogP contribution in [0.15, 0.2) is 30.5 Å². The van der Waals surface area contributed by atoms with Gasteiger partial charge in [-0.3, -0.25) is 16.3 Å². The fourth-order valence-corrected chi connectivity index (χ4v) is 1.43. The first-order valence-corrected chi connectivity index (χ1v) is 5.22. The Labute approximate surface area is 91.4 Å². The number of nitrogens with one attached hydrogen (secondary N) is 1. The Morgan fingerprint density at radius 1 is 1.67 bits per heavy atom. The van der Waals surface area contributed by atoms with E-state index < -0.39 is 0 Å². The lowest BCUT2D eigenvalue weighted by molar-refractivity contribution is 0.531. The zero-order valence-electron chi connectivity index (χ0n) is 9.46. The third-order valence-electron chi connectivity index (χ3n) is 2.49. The lowest BCUT2D eigenvalue weighted by Crippen LogP contribution is -2.29. The van der Waals surface area contributed by atoms with E-state index in [-0.39, 0.29) is 6.04 Å². The van der Waals surface area contributed by atoms with E-state index in [1.807, 2.05) is 25.3 Å². The molecule has 3 nitrogen and oxygen atoms in total. The Bertz CT molecular complexity index is 333. The standard InChI is InChI=1S/C12H19N3/c1-4-9(2)7-12(15-13)11-8-10(3)5-6-14-11/h5-6,8,12,15H,2,4,7,13H2,1,3H3. The van der Waals surface area contributed by atoms with Gasteiger partial charge in [0, 0.05) is 6.20 Å². The van der Waals surface area contributed by atoms with Crippen molar-refractivity contribution < 1.29 is 0 Å². The van der Waals surface area contributed by atoms with Gasteiger partial charge in [-0.2, -0.15) is 0 Å². The topological polar surface area (TPSA) is 50.9 Å². The van der Waals surface area contributed by atoms with Crippen molar-refractivity contribution in [3.63, 3.8) is 0 Å². The fraction of sp³-hybridized carbons (Fsp3) is 0.417. The first kappa shape index (κ1) is 11.9. The smallest absolute Gasteiger partial charge is 0.0669 e. The predicted molar refractivity (Wildman–Crippen MR) is 63.1 cm³/mol. The van der Waals surface area contributed by atoms with E-state index in [1.165, 1.54) is 11.1 Å². The van der Waals surface area contributed by atoms with Crippen LogP contribution in [0.1, 0.15) is 37.1 Å². The second kappa shape index (κ2) is 5.63. The lowest BCUT2D eigenvalue weighted by Gasteiger charge is -2.16. The van der Waals surface area contributed by atoms with Gasteiger partial charge in [0.1, 0.15) is 0 Å². The number of rotatable bonds is 5. The summed E-state index contributed by atoms with van der Waals surface area (Å²) in [6.45, 7) is 8.13. The average molecular weight is 205 g/mol. The minimum Gasteiger partial charge on any atom is -0.271 e. The molecule has 1 aromatic heterocycles. The molecule has 15 heavy (non-hydrogen) atoms. The molecule has 0 aliphatic carbocycles. The summed E-state index contributed by atoms with van der Waals surface area (Å²) in [7, 11) is 0. The molecule has 82 valence electrons. The number of hydrazine groups is 1. The number of nitrogens with two attached hydrogens (primary N) is 1. The molecular formula is C12H19N3. The minimum absolute atomic E-state index is 0.0670. The highest BCUT2D eigenvalue weighted by Gasteiger charge is 2.11. The molecule has 3 heteroatoms. The van der Waals surface area contributed by atoms with Crippen molar-refractivity contribution in [2.75, 3.05) is 0 Å². The van der Waals surface area contributed by atoms with Gasteiger partial charge in [-0.05, 0) is 37.5 Å². The van der Waals surface area contributed by atoms with Crippen LogP contribution in [0.25, 0.3) is 0 Å². The van der Waals surface area contributed by atoms with Gasteiger partial charge in [0.15, 0.2) is 0 Å². The monoisotopic (exact) mass is 205 g/mol. The molecule has 0 aliphatic rings. The molecule has 1 heterocycles. The number of hydrogen-bond acceptors (Lipinski definition) is 3. The quantitative estimate of drug-likeness (QED) is 0.440. The summed E-state index contributed by atoms with van der Waals surface area (Å²) >= 11 is 0. The first-order chi connectivity index (χ1) is 7.17. The molecule has 3 N–H and O–H groups in total. The van der Waals surface area contributed by atoms with Crippen molar-refractivity contribution in [2.45, 2.75) is 32.7 Å². The summed E-state index contributed by atoms with van der Waals surface area (Å²) in [4.78, 5) is 4.31. The van der Waals surface area contributed by atoms with E-state index in [4.69, 9.17) is 5.84 Å². The van der Waals surface area contributed by atoms with Crippen LogP contribution in [0.2, 0.25) is 0 Å². The maximum Gasteiger partial charge on any atom is 0.0669 e. The summed E-state index contributed by atoms with van der Waals surface area (Å²) in [5, 5.41) is 0. The van der Waals surface area contributed by atoms with Crippen molar-refractivity contribution >= 4 is 0 Å². The van der Waals surface area contributed by atoms with Crippen molar-refractivity contribution in [3.05, 3.63) is 41.7 Å². The first-order valence-electron chi connectivity index (χ1n) is 5.22. The molecule has 0 bridgehead atoms. The largest absolute Gasteiger partial charge is 0.271 e. The number of aryl methyl sites for hydroxylation is 1. The predicted octanol–water partition coefficient (Wildman–Crippen LogP) is 2.25. The molecule has 0 fully saturated rings. The third-order valence-corrected chi connectivity index (χ3v) is 2.49. The fourth-order valence-electron chi connectivity index (χ4n) is 1.43.